The van der Waals surface area contributed by atoms with E-state index in [9.17, 15) is 0 Å². The van der Waals surface area contributed by atoms with E-state index < -0.39 is 0 Å². The van der Waals surface area contributed by atoms with Crippen molar-refractivity contribution in [3.63, 3.8) is 0 Å². The maximum absolute atomic E-state index is 5.58. The zero-order chi connectivity index (χ0) is 8.10. The molecule has 0 atom stereocenters. The van der Waals surface area contributed by atoms with Gasteiger partial charge in [0.15, 0.2) is 0 Å². The van der Waals surface area contributed by atoms with Crippen LogP contribution in [0.15, 0.2) is 11.9 Å². The van der Waals surface area contributed by atoms with Gasteiger partial charge in [-0.2, -0.15) is 0 Å². The van der Waals surface area contributed by atoms with Crippen molar-refractivity contribution in [1.29, 1.82) is 0 Å². The first-order valence-corrected chi connectivity index (χ1v) is 3.92. The fourth-order valence-corrected chi connectivity index (χ4v) is 1.18. The van der Waals surface area contributed by atoms with Crippen LogP contribution in [0.3, 0.4) is 0 Å². The Balaban J connectivity index is 2.24. The van der Waals surface area contributed by atoms with Gasteiger partial charge in [0.1, 0.15) is 0 Å². The molecular formula is C7H16N4. The summed E-state index contributed by atoms with van der Waals surface area (Å²) in [6.07, 6.45) is 1.47. The van der Waals surface area contributed by atoms with Gasteiger partial charge in [-0.25, -0.2) is 0 Å². The van der Waals surface area contributed by atoms with Crippen LogP contribution < -0.4 is 16.8 Å². The Morgan fingerprint density at radius 1 is 1.45 bits per heavy atom. The number of hydrogen-bond acceptors (Lipinski definition) is 4. The highest BCUT2D eigenvalue weighted by atomic mass is 15.2. The normalized spacial score (nSPS) is 22.0. The topological polar surface area (TPSA) is 67.3 Å². The fourth-order valence-electron chi connectivity index (χ4n) is 1.18. The van der Waals surface area contributed by atoms with E-state index in [0.29, 0.717) is 0 Å². The molecule has 1 fully saturated rings. The van der Waals surface area contributed by atoms with E-state index in [-0.39, 0.29) is 0 Å². The summed E-state index contributed by atoms with van der Waals surface area (Å²) in [6, 6.07) is 0. The van der Waals surface area contributed by atoms with Crippen LogP contribution in [0.2, 0.25) is 0 Å². The van der Waals surface area contributed by atoms with E-state index in [1.54, 1.807) is 0 Å². The van der Waals surface area contributed by atoms with E-state index in [0.717, 1.165) is 38.4 Å². The van der Waals surface area contributed by atoms with Crippen molar-refractivity contribution in [3.8, 4) is 0 Å². The molecule has 0 radical (unpaired) electrons. The van der Waals surface area contributed by atoms with Crippen LogP contribution in [0.25, 0.3) is 0 Å². The summed E-state index contributed by atoms with van der Waals surface area (Å²) in [4.78, 5) is 2.29. The molecule has 1 aliphatic heterocycles. The molecule has 0 aliphatic carbocycles. The molecule has 0 amide bonds. The predicted molar refractivity (Wildman–Crippen MR) is 45.8 cm³/mol. The molecule has 0 unspecified atom stereocenters. The smallest absolute Gasteiger partial charge is 0.0395 e. The summed E-state index contributed by atoms with van der Waals surface area (Å²) in [6.45, 7) is 5.04. The Labute approximate surface area is 67.2 Å². The van der Waals surface area contributed by atoms with Gasteiger partial charge in [-0.3, -0.25) is 4.90 Å². The highest BCUT2D eigenvalue weighted by molar-refractivity contribution is 4.96. The molecule has 64 valence electrons. The lowest BCUT2D eigenvalue weighted by atomic mass is 10.3. The van der Waals surface area contributed by atoms with Gasteiger partial charge in [0.25, 0.3) is 0 Å². The average Bonchev–Trinajstić information content (AvgIpc) is 2.06. The second kappa shape index (κ2) is 4.20. The second-order valence-electron chi connectivity index (χ2n) is 2.77. The molecule has 0 aromatic carbocycles. The molecule has 5 N–H and O–H groups in total. The third-order valence-electron chi connectivity index (χ3n) is 1.83. The summed E-state index contributed by atoms with van der Waals surface area (Å²) in [5.41, 5.74) is 11.6. The van der Waals surface area contributed by atoms with E-state index in [2.05, 4.69) is 10.2 Å². The van der Waals surface area contributed by atoms with E-state index in [1.807, 2.05) is 0 Å². The van der Waals surface area contributed by atoms with Crippen molar-refractivity contribution in [2.45, 2.75) is 0 Å². The third-order valence-corrected chi connectivity index (χ3v) is 1.83. The first-order chi connectivity index (χ1) is 5.33. The molecule has 1 saturated heterocycles. The van der Waals surface area contributed by atoms with Crippen molar-refractivity contribution in [2.75, 3.05) is 32.7 Å². The van der Waals surface area contributed by atoms with Gasteiger partial charge in [-0.15, -0.1) is 0 Å². The molecule has 1 heterocycles. The summed E-state index contributed by atoms with van der Waals surface area (Å²) in [5, 5.41) is 3.27. The Morgan fingerprint density at radius 3 is 2.64 bits per heavy atom. The zero-order valence-corrected chi connectivity index (χ0v) is 6.71. The van der Waals surface area contributed by atoms with Crippen LogP contribution in [0, 0.1) is 0 Å². The second-order valence-corrected chi connectivity index (χ2v) is 2.77. The number of piperazine rings is 1. The molecule has 0 saturated carbocycles. The molecule has 0 aromatic rings. The molecule has 1 aliphatic rings. The standard InChI is InChI=1S/C7H16N4/c8-5-7(9)6-11-3-1-10-2-4-11/h5,10H,1-4,6,8-9H2/b7-5-. The first-order valence-electron chi connectivity index (χ1n) is 3.92. The van der Waals surface area contributed by atoms with Crippen LogP contribution >= 0.6 is 0 Å². The highest BCUT2D eigenvalue weighted by Gasteiger charge is 2.08. The summed E-state index contributed by atoms with van der Waals surface area (Å²) in [7, 11) is 0. The summed E-state index contributed by atoms with van der Waals surface area (Å²) < 4.78 is 0. The van der Waals surface area contributed by atoms with Gasteiger partial charge in [-0.1, -0.05) is 0 Å². The largest absolute Gasteiger partial charge is 0.403 e. The van der Waals surface area contributed by atoms with Crippen LogP contribution in [0.4, 0.5) is 0 Å². The highest BCUT2D eigenvalue weighted by Crippen LogP contribution is 1.94. The molecule has 0 aromatic heterocycles. The van der Waals surface area contributed by atoms with Gasteiger partial charge in [0, 0.05) is 44.6 Å². The summed E-state index contributed by atoms with van der Waals surface area (Å²) >= 11 is 0. The lowest BCUT2D eigenvalue weighted by molar-refractivity contribution is 0.259. The van der Waals surface area contributed by atoms with Gasteiger partial charge < -0.3 is 16.8 Å². The van der Waals surface area contributed by atoms with Gasteiger partial charge in [0.05, 0.1) is 0 Å². The van der Waals surface area contributed by atoms with Crippen LogP contribution in [0.5, 0.6) is 0 Å². The third kappa shape index (κ3) is 2.78. The van der Waals surface area contributed by atoms with Crippen molar-refractivity contribution in [2.24, 2.45) is 11.5 Å². The van der Waals surface area contributed by atoms with Crippen molar-refractivity contribution in [1.82, 2.24) is 10.2 Å². The number of nitrogens with zero attached hydrogens (tertiary/aromatic N) is 1. The minimum atomic E-state index is 0.756. The SMILES string of the molecule is N/C=C(\N)CN1CCNCC1. The molecule has 0 spiro atoms. The molecule has 4 heteroatoms. The van der Waals surface area contributed by atoms with Crippen LogP contribution in [-0.4, -0.2) is 37.6 Å². The first kappa shape index (κ1) is 8.36. The van der Waals surface area contributed by atoms with Gasteiger partial charge in [0.2, 0.25) is 0 Å². The average molecular weight is 156 g/mol. The Morgan fingerprint density at radius 2 is 2.09 bits per heavy atom. The minimum absolute atomic E-state index is 0.756. The maximum Gasteiger partial charge on any atom is 0.0395 e. The van der Waals surface area contributed by atoms with Crippen molar-refractivity contribution >= 4 is 0 Å². The zero-order valence-electron chi connectivity index (χ0n) is 6.71. The predicted octanol–water partition coefficient (Wildman–Crippen LogP) is -1.35. The number of hydrogen-bond donors (Lipinski definition) is 3. The molecule has 0 bridgehead atoms. The van der Waals surface area contributed by atoms with E-state index in [4.69, 9.17) is 11.5 Å². The lowest BCUT2D eigenvalue weighted by Gasteiger charge is -2.26. The fraction of sp³-hybridized carbons (Fsp3) is 0.714. The van der Waals surface area contributed by atoms with Gasteiger partial charge >= 0.3 is 0 Å². The Hall–Kier alpha value is -0.740. The number of nitrogens with one attached hydrogen (secondary N) is 1. The van der Waals surface area contributed by atoms with Gasteiger partial charge in [-0.05, 0) is 0 Å². The minimum Gasteiger partial charge on any atom is -0.403 e. The monoisotopic (exact) mass is 156 g/mol. The molecule has 4 nitrogen and oxygen atoms in total. The maximum atomic E-state index is 5.58. The summed E-state index contributed by atoms with van der Waals surface area (Å²) in [5.74, 6) is 0. The molecule has 1 rings (SSSR count). The quantitative estimate of drug-likeness (QED) is 0.462. The van der Waals surface area contributed by atoms with Crippen molar-refractivity contribution < 1.29 is 0 Å². The molecular weight excluding hydrogens is 140 g/mol. The van der Waals surface area contributed by atoms with E-state index in [1.165, 1.54) is 6.20 Å². The Kier molecular flexibility index (Phi) is 3.19. The van der Waals surface area contributed by atoms with Crippen molar-refractivity contribution in [3.05, 3.63) is 11.9 Å². The Bertz CT molecular complexity index is 137. The van der Waals surface area contributed by atoms with Crippen LogP contribution in [-0.2, 0) is 0 Å². The lowest BCUT2D eigenvalue weighted by Crippen LogP contribution is -2.44. The number of nitrogens with two attached hydrogens (primary N) is 2. The number of rotatable bonds is 2. The van der Waals surface area contributed by atoms with E-state index >= 15 is 0 Å². The molecule has 11 heavy (non-hydrogen) atoms. The van der Waals surface area contributed by atoms with Crippen LogP contribution in [0.1, 0.15) is 0 Å².